The summed E-state index contributed by atoms with van der Waals surface area (Å²) < 4.78 is 22.0. The lowest BCUT2D eigenvalue weighted by molar-refractivity contribution is -0.688. The summed E-state index contributed by atoms with van der Waals surface area (Å²) >= 11 is 3.56. The van der Waals surface area contributed by atoms with Crippen LogP contribution in [0, 0.1) is 5.82 Å². The number of rotatable bonds is 4. The van der Waals surface area contributed by atoms with Crippen molar-refractivity contribution in [1.29, 1.82) is 0 Å². The lowest BCUT2D eigenvalue weighted by Gasteiger charge is -2.02. The molecular formula is C22H19BrFN2O+. The normalized spacial score (nSPS) is 11.4. The van der Waals surface area contributed by atoms with E-state index < -0.39 is 0 Å². The minimum Gasteiger partial charge on any atom is -0.436 e. The summed E-state index contributed by atoms with van der Waals surface area (Å²) in [4.78, 5) is 4.68. The van der Waals surface area contributed by atoms with Crippen LogP contribution in [-0.2, 0) is 6.54 Å². The van der Waals surface area contributed by atoms with Crippen LogP contribution in [0.25, 0.3) is 22.6 Å². The number of pyridine rings is 1. The highest BCUT2D eigenvalue weighted by Gasteiger charge is 2.15. The highest BCUT2D eigenvalue weighted by Crippen LogP contribution is 2.27. The van der Waals surface area contributed by atoms with Crippen LogP contribution in [0.2, 0.25) is 0 Å². The summed E-state index contributed by atoms with van der Waals surface area (Å²) in [6, 6.07) is 14.6. The summed E-state index contributed by atoms with van der Waals surface area (Å²) in [5.41, 5.74) is 4.78. The third-order valence-corrected chi connectivity index (χ3v) is 4.92. The highest BCUT2D eigenvalue weighted by molar-refractivity contribution is 9.10. The van der Waals surface area contributed by atoms with Gasteiger partial charge in [0.1, 0.15) is 16.9 Å². The fraction of sp³-hybridized carbons (Fsp3) is 0.182. The molecule has 0 spiro atoms. The van der Waals surface area contributed by atoms with Gasteiger partial charge in [0.25, 0.3) is 0 Å². The van der Waals surface area contributed by atoms with Gasteiger partial charge in [0, 0.05) is 5.56 Å². The van der Waals surface area contributed by atoms with E-state index in [0.717, 1.165) is 26.7 Å². The minimum atomic E-state index is -0.231. The molecule has 136 valence electrons. The zero-order valence-electron chi connectivity index (χ0n) is 15.1. The van der Waals surface area contributed by atoms with Crippen molar-refractivity contribution in [3.8, 4) is 11.5 Å². The molecule has 0 radical (unpaired) electrons. The maximum Gasteiger partial charge on any atom is 0.233 e. The van der Waals surface area contributed by atoms with Crippen LogP contribution in [0.1, 0.15) is 30.9 Å². The predicted octanol–water partition coefficient (Wildman–Crippen LogP) is 5.86. The summed E-state index contributed by atoms with van der Waals surface area (Å²) in [6.07, 6.45) is 3.97. The third kappa shape index (κ3) is 3.93. The molecule has 27 heavy (non-hydrogen) atoms. The van der Waals surface area contributed by atoms with Crippen LogP contribution in [0.5, 0.6) is 0 Å². The van der Waals surface area contributed by atoms with Gasteiger partial charge in [-0.15, -0.1) is 0 Å². The van der Waals surface area contributed by atoms with Crippen LogP contribution in [0.15, 0.2) is 69.8 Å². The van der Waals surface area contributed by atoms with Crippen LogP contribution in [-0.4, -0.2) is 4.98 Å². The fourth-order valence-electron chi connectivity index (χ4n) is 3.03. The topological polar surface area (TPSA) is 29.9 Å². The molecule has 0 bridgehead atoms. The van der Waals surface area contributed by atoms with Gasteiger partial charge in [0.2, 0.25) is 5.89 Å². The molecule has 2 heterocycles. The summed E-state index contributed by atoms with van der Waals surface area (Å²) in [5, 5.41) is 0. The maximum atomic E-state index is 13.1. The number of hydrogen-bond acceptors (Lipinski definition) is 2. The van der Waals surface area contributed by atoms with Crippen molar-refractivity contribution < 1.29 is 13.4 Å². The molecule has 0 unspecified atom stereocenters. The van der Waals surface area contributed by atoms with Crippen LogP contribution >= 0.6 is 15.9 Å². The molecule has 0 aliphatic carbocycles. The Bertz CT molecular complexity index is 1100. The van der Waals surface area contributed by atoms with E-state index >= 15 is 0 Å². The lowest BCUT2D eigenvalue weighted by Crippen LogP contribution is -2.33. The average molecular weight is 426 g/mol. The van der Waals surface area contributed by atoms with E-state index in [-0.39, 0.29) is 5.82 Å². The second-order valence-corrected chi connectivity index (χ2v) is 7.86. The summed E-state index contributed by atoms with van der Waals surface area (Å²) in [6.45, 7) is 4.95. The molecule has 0 atom stereocenters. The van der Waals surface area contributed by atoms with Crippen LogP contribution in [0.3, 0.4) is 0 Å². The molecular weight excluding hydrogens is 407 g/mol. The summed E-state index contributed by atoms with van der Waals surface area (Å²) in [5.74, 6) is 0.796. The van der Waals surface area contributed by atoms with Crippen molar-refractivity contribution in [1.82, 2.24) is 4.98 Å². The van der Waals surface area contributed by atoms with E-state index in [0.29, 0.717) is 18.4 Å². The first-order valence-electron chi connectivity index (χ1n) is 8.83. The van der Waals surface area contributed by atoms with E-state index in [4.69, 9.17) is 4.42 Å². The SMILES string of the molecule is CC(C)c1ccc2oc(-c3cc(Br)c[n+](Cc4ccc(F)cc4)c3)nc2c1. The molecule has 3 nitrogen and oxygen atoms in total. The van der Waals surface area contributed by atoms with Crippen molar-refractivity contribution in [2.24, 2.45) is 0 Å². The minimum absolute atomic E-state index is 0.231. The molecule has 4 aromatic rings. The number of nitrogens with zero attached hydrogens (tertiary/aromatic N) is 2. The predicted molar refractivity (Wildman–Crippen MR) is 107 cm³/mol. The van der Waals surface area contributed by atoms with Crippen molar-refractivity contribution in [2.75, 3.05) is 0 Å². The Morgan fingerprint density at radius 1 is 1.07 bits per heavy atom. The number of benzene rings is 2. The molecule has 4 rings (SSSR count). The third-order valence-electron chi connectivity index (χ3n) is 4.49. The zero-order valence-corrected chi connectivity index (χ0v) is 16.7. The van der Waals surface area contributed by atoms with Gasteiger partial charge in [-0.1, -0.05) is 19.9 Å². The lowest BCUT2D eigenvalue weighted by atomic mass is 10.0. The number of halogens is 2. The van der Waals surface area contributed by atoms with Gasteiger partial charge in [0.05, 0.1) is 4.47 Å². The van der Waals surface area contributed by atoms with E-state index in [1.54, 1.807) is 12.1 Å². The molecule has 0 aliphatic rings. The second-order valence-electron chi connectivity index (χ2n) is 6.94. The van der Waals surface area contributed by atoms with Crippen LogP contribution in [0.4, 0.5) is 4.39 Å². The molecule has 0 aliphatic heterocycles. The molecule has 0 saturated carbocycles. The van der Waals surface area contributed by atoms with Gasteiger partial charge in [0.15, 0.2) is 24.5 Å². The Balaban J connectivity index is 1.70. The zero-order chi connectivity index (χ0) is 19.0. The highest BCUT2D eigenvalue weighted by atomic mass is 79.9. The Labute approximate surface area is 165 Å². The second kappa shape index (κ2) is 7.24. The Morgan fingerprint density at radius 2 is 1.85 bits per heavy atom. The van der Waals surface area contributed by atoms with Crippen molar-refractivity contribution in [3.05, 3.63) is 82.3 Å². The van der Waals surface area contributed by atoms with E-state index in [2.05, 4.69) is 46.9 Å². The van der Waals surface area contributed by atoms with Crippen molar-refractivity contribution >= 4 is 27.0 Å². The average Bonchev–Trinajstić information content (AvgIpc) is 3.06. The van der Waals surface area contributed by atoms with Crippen LogP contribution < -0.4 is 4.57 Å². The largest absolute Gasteiger partial charge is 0.436 e. The van der Waals surface area contributed by atoms with E-state index in [1.165, 1.54) is 17.7 Å². The molecule has 0 saturated heterocycles. The monoisotopic (exact) mass is 425 g/mol. The quantitative estimate of drug-likeness (QED) is 0.383. The van der Waals surface area contributed by atoms with E-state index in [1.807, 2.05) is 29.1 Å². The molecule has 0 fully saturated rings. The van der Waals surface area contributed by atoms with Gasteiger partial charge >= 0.3 is 0 Å². The van der Waals surface area contributed by atoms with Crippen molar-refractivity contribution in [2.45, 2.75) is 26.3 Å². The number of oxazole rings is 1. The molecule has 0 N–H and O–H groups in total. The Morgan fingerprint density at radius 3 is 2.59 bits per heavy atom. The smallest absolute Gasteiger partial charge is 0.233 e. The molecule has 2 aromatic heterocycles. The van der Waals surface area contributed by atoms with Gasteiger partial charge in [-0.2, -0.15) is 4.57 Å². The standard InChI is InChI=1S/C22H19BrFN2O/c1-14(2)16-5-8-21-20(10-16)25-22(27-21)17-9-18(23)13-26(12-17)11-15-3-6-19(24)7-4-15/h3-10,12-14H,11H2,1-2H3/q+1. The fourth-order valence-corrected chi connectivity index (χ4v) is 3.54. The first-order valence-corrected chi connectivity index (χ1v) is 9.62. The molecule has 5 heteroatoms. The Kier molecular flexibility index (Phi) is 4.79. The first kappa shape index (κ1) is 17.9. The molecule has 0 amide bonds. The van der Waals surface area contributed by atoms with Gasteiger partial charge in [-0.3, -0.25) is 0 Å². The number of hydrogen-bond donors (Lipinski definition) is 0. The van der Waals surface area contributed by atoms with Gasteiger partial charge in [-0.25, -0.2) is 9.37 Å². The number of aromatic nitrogens is 2. The Hall–Kier alpha value is -2.53. The molecule has 2 aromatic carbocycles. The van der Waals surface area contributed by atoms with Crippen molar-refractivity contribution in [3.63, 3.8) is 0 Å². The maximum absolute atomic E-state index is 13.1. The first-order chi connectivity index (χ1) is 13.0. The number of fused-ring (bicyclic) bond motifs is 1. The van der Waals surface area contributed by atoms with Gasteiger partial charge in [-0.05, 0) is 69.9 Å². The van der Waals surface area contributed by atoms with E-state index in [9.17, 15) is 4.39 Å². The van der Waals surface area contributed by atoms with Gasteiger partial charge < -0.3 is 4.42 Å². The summed E-state index contributed by atoms with van der Waals surface area (Å²) in [7, 11) is 0.